The van der Waals surface area contributed by atoms with Crippen LogP contribution in [0.25, 0.3) is 0 Å². The zero-order valence-corrected chi connectivity index (χ0v) is 16.5. The zero-order chi connectivity index (χ0) is 18.8. The van der Waals surface area contributed by atoms with Gasteiger partial charge >= 0.3 is 0 Å². The Bertz CT molecular complexity index is 746. The molecule has 0 fully saturated rings. The Morgan fingerprint density at radius 1 is 1.38 bits per heavy atom. The predicted octanol–water partition coefficient (Wildman–Crippen LogP) is 2.82. The standard InChI is InChI=1S/C20H30N4O2/c1-14(2)12-24-18-9-8-15(23(5)13-16-7-6-10-26-16)11-17(18)19(21-24)20(25)22(3)4/h6-7,10,14-15H,8-9,11-13H2,1-5H3. The SMILES string of the molecule is CC(C)Cn1nc(C(=O)N(C)C)c2c1CCC(N(C)Cc1ccco1)C2. The summed E-state index contributed by atoms with van der Waals surface area (Å²) in [6.07, 6.45) is 4.61. The van der Waals surface area contributed by atoms with Crippen LogP contribution >= 0.6 is 0 Å². The smallest absolute Gasteiger partial charge is 0.274 e. The van der Waals surface area contributed by atoms with Gasteiger partial charge < -0.3 is 9.32 Å². The first kappa shape index (κ1) is 18.7. The van der Waals surface area contributed by atoms with E-state index in [2.05, 4.69) is 30.5 Å². The van der Waals surface area contributed by atoms with E-state index in [1.165, 1.54) is 5.69 Å². The van der Waals surface area contributed by atoms with Crippen molar-refractivity contribution in [3.8, 4) is 0 Å². The quantitative estimate of drug-likeness (QED) is 0.797. The Morgan fingerprint density at radius 3 is 2.77 bits per heavy atom. The Balaban J connectivity index is 1.85. The fourth-order valence-corrected chi connectivity index (χ4v) is 3.70. The molecule has 0 radical (unpaired) electrons. The van der Waals surface area contributed by atoms with E-state index in [4.69, 9.17) is 9.52 Å². The highest BCUT2D eigenvalue weighted by Crippen LogP contribution is 2.29. The Labute approximate surface area is 155 Å². The number of hydrogen-bond donors (Lipinski definition) is 0. The van der Waals surface area contributed by atoms with Crippen LogP contribution in [-0.2, 0) is 25.9 Å². The van der Waals surface area contributed by atoms with Gasteiger partial charge in [-0.3, -0.25) is 14.4 Å². The molecule has 6 nitrogen and oxygen atoms in total. The number of furan rings is 1. The number of rotatable bonds is 6. The minimum absolute atomic E-state index is 0.00177. The molecule has 2 heterocycles. The Kier molecular flexibility index (Phi) is 5.51. The van der Waals surface area contributed by atoms with Crippen LogP contribution in [-0.4, -0.2) is 52.7 Å². The number of amides is 1. The van der Waals surface area contributed by atoms with Crippen molar-refractivity contribution in [1.82, 2.24) is 19.6 Å². The number of nitrogens with zero attached hydrogens (tertiary/aromatic N) is 4. The van der Waals surface area contributed by atoms with Crippen LogP contribution in [0.1, 0.15) is 47.8 Å². The molecule has 1 atom stereocenters. The molecule has 1 amide bonds. The molecule has 0 saturated heterocycles. The lowest BCUT2D eigenvalue weighted by atomic mass is 9.90. The Hall–Kier alpha value is -2.08. The summed E-state index contributed by atoms with van der Waals surface area (Å²) in [5.41, 5.74) is 3.00. The van der Waals surface area contributed by atoms with Crippen molar-refractivity contribution in [2.45, 2.75) is 52.2 Å². The van der Waals surface area contributed by atoms with Crippen LogP contribution in [0, 0.1) is 5.92 Å². The van der Waals surface area contributed by atoms with Crippen molar-refractivity contribution in [3.63, 3.8) is 0 Å². The van der Waals surface area contributed by atoms with Crippen LogP contribution in [0.2, 0.25) is 0 Å². The molecule has 0 spiro atoms. The molecule has 2 aromatic rings. The number of aromatic nitrogens is 2. The third-order valence-corrected chi connectivity index (χ3v) is 5.08. The fourth-order valence-electron chi connectivity index (χ4n) is 3.70. The lowest BCUT2D eigenvalue weighted by Gasteiger charge is -2.31. The Morgan fingerprint density at radius 2 is 2.15 bits per heavy atom. The van der Waals surface area contributed by atoms with Crippen molar-refractivity contribution < 1.29 is 9.21 Å². The molecule has 0 aliphatic heterocycles. The van der Waals surface area contributed by atoms with Crippen LogP contribution in [0.5, 0.6) is 0 Å². The molecule has 142 valence electrons. The van der Waals surface area contributed by atoms with Crippen LogP contribution < -0.4 is 0 Å². The number of likely N-dealkylation sites (N-methyl/N-ethyl adjacent to an activating group) is 1. The first-order chi connectivity index (χ1) is 12.4. The van der Waals surface area contributed by atoms with Crippen LogP contribution in [0.15, 0.2) is 22.8 Å². The van der Waals surface area contributed by atoms with E-state index < -0.39 is 0 Å². The lowest BCUT2D eigenvalue weighted by molar-refractivity contribution is 0.0819. The number of fused-ring (bicyclic) bond motifs is 1. The van der Waals surface area contributed by atoms with Crippen molar-refractivity contribution in [3.05, 3.63) is 41.1 Å². The van der Waals surface area contributed by atoms with E-state index in [-0.39, 0.29) is 5.91 Å². The van der Waals surface area contributed by atoms with Crippen LogP contribution in [0.4, 0.5) is 0 Å². The molecule has 6 heteroatoms. The van der Waals surface area contributed by atoms with E-state index in [1.54, 1.807) is 25.3 Å². The molecule has 26 heavy (non-hydrogen) atoms. The van der Waals surface area contributed by atoms with Crippen molar-refractivity contribution >= 4 is 5.91 Å². The summed E-state index contributed by atoms with van der Waals surface area (Å²) in [5.74, 6) is 1.47. The molecular weight excluding hydrogens is 328 g/mol. The first-order valence-corrected chi connectivity index (χ1v) is 9.39. The highest BCUT2D eigenvalue weighted by atomic mass is 16.3. The minimum Gasteiger partial charge on any atom is -0.468 e. The summed E-state index contributed by atoms with van der Waals surface area (Å²) < 4.78 is 7.56. The van der Waals surface area contributed by atoms with Gasteiger partial charge in [0.15, 0.2) is 5.69 Å². The monoisotopic (exact) mass is 358 g/mol. The number of carbonyl (C=O) groups is 1. The van der Waals surface area contributed by atoms with Gasteiger partial charge in [0.05, 0.1) is 12.8 Å². The van der Waals surface area contributed by atoms with E-state index in [0.717, 1.165) is 43.7 Å². The van der Waals surface area contributed by atoms with Crippen molar-refractivity contribution in [2.75, 3.05) is 21.1 Å². The molecular formula is C20H30N4O2. The predicted molar refractivity (Wildman–Crippen MR) is 101 cm³/mol. The normalized spacial score (nSPS) is 17.0. The fraction of sp³-hybridized carbons (Fsp3) is 0.600. The van der Waals surface area contributed by atoms with E-state index in [0.29, 0.717) is 17.7 Å². The van der Waals surface area contributed by atoms with Gasteiger partial charge in [-0.05, 0) is 44.4 Å². The largest absolute Gasteiger partial charge is 0.468 e. The molecule has 1 unspecified atom stereocenters. The molecule has 0 bridgehead atoms. The first-order valence-electron chi connectivity index (χ1n) is 9.39. The number of carbonyl (C=O) groups excluding carboxylic acids is 1. The van der Waals surface area contributed by atoms with Crippen molar-refractivity contribution in [2.24, 2.45) is 5.92 Å². The second kappa shape index (κ2) is 7.66. The molecule has 3 rings (SSSR count). The zero-order valence-electron chi connectivity index (χ0n) is 16.5. The molecule has 0 saturated carbocycles. The van der Waals surface area contributed by atoms with Gasteiger partial charge in [-0.1, -0.05) is 13.8 Å². The van der Waals surface area contributed by atoms with Gasteiger partial charge in [0.25, 0.3) is 5.91 Å². The van der Waals surface area contributed by atoms with E-state index >= 15 is 0 Å². The third kappa shape index (κ3) is 3.85. The lowest BCUT2D eigenvalue weighted by Crippen LogP contribution is -2.37. The number of hydrogen-bond acceptors (Lipinski definition) is 4. The van der Waals surface area contributed by atoms with Crippen molar-refractivity contribution in [1.29, 1.82) is 0 Å². The molecule has 1 aliphatic rings. The van der Waals surface area contributed by atoms with Gasteiger partial charge in [0, 0.05) is 37.9 Å². The highest BCUT2D eigenvalue weighted by molar-refractivity contribution is 5.93. The summed E-state index contributed by atoms with van der Waals surface area (Å²) in [6, 6.07) is 4.32. The maximum absolute atomic E-state index is 12.7. The van der Waals surface area contributed by atoms with Gasteiger partial charge in [0.1, 0.15) is 5.76 Å². The molecule has 0 N–H and O–H groups in total. The summed E-state index contributed by atoms with van der Waals surface area (Å²) in [7, 11) is 5.71. The van der Waals surface area contributed by atoms with E-state index in [1.807, 2.05) is 12.1 Å². The molecule has 2 aromatic heterocycles. The second-order valence-corrected chi connectivity index (χ2v) is 7.94. The maximum atomic E-state index is 12.7. The summed E-state index contributed by atoms with van der Waals surface area (Å²) >= 11 is 0. The molecule has 1 aliphatic carbocycles. The van der Waals surface area contributed by atoms with E-state index in [9.17, 15) is 4.79 Å². The highest BCUT2D eigenvalue weighted by Gasteiger charge is 2.31. The van der Waals surface area contributed by atoms with Crippen LogP contribution in [0.3, 0.4) is 0 Å². The molecule has 0 aromatic carbocycles. The van der Waals surface area contributed by atoms with Gasteiger partial charge in [-0.25, -0.2) is 0 Å². The van der Waals surface area contributed by atoms with Gasteiger partial charge in [-0.15, -0.1) is 0 Å². The topological polar surface area (TPSA) is 54.5 Å². The average molecular weight is 358 g/mol. The second-order valence-electron chi connectivity index (χ2n) is 7.94. The maximum Gasteiger partial charge on any atom is 0.274 e. The van der Waals surface area contributed by atoms with Gasteiger partial charge in [-0.2, -0.15) is 5.10 Å². The summed E-state index contributed by atoms with van der Waals surface area (Å²) in [5, 5.41) is 4.71. The average Bonchev–Trinajstić information content (AvgIpc) is 3.21. The third-order valence-electron chi connectivity index (χ3n) is 5.08. The summed E-state index contributed by atoms with van der Waals surface area (Å²) in [4.78, 5) is 16.6. The summed E-state index contributed by atoms with van der Waals surface area (Å²) in [6.45, 7) is 6.01. The van der Waals surface area contributed by atoms with Gasteiger partial charge in [0.2, 0.25) is 0 Å². The minimum atomic E-state index is -0.00177.